The van der Waals surface area contributed by atoms with Crippen molar-refractivity contribution in [1.82, 2.24) is 24.5 Å². The van der Waals surface area contributed by atoms with Crippen molar-refractivity contribution in [2.75, 3.05) is 5.73 Å². The summed E-state index contributed by atoms with van der Waals surface area (Å²) in [6, 6.07) is -0.439. The van der Waals surface area contributed by atoms with E-state index >= 15 is 0 Å². The molecule has 204 valence electrons. The van der Waals surface area contributed by atoms with Crippen LogP contribution in [0.4, 0.5) is 5.13 Å². The number of β-lactam (4-membered cyclic amide) rings is 1. The fraction of sp³-hybridized carbons (Fsp3) is 0.444. The average molecular weight is 564 g/mol. The number of aromatic hydroxyl groups is 1. The van der Waals surface area contributed by atoms with Gasteiger partial charge in [-0.3, -0.25) is 18.9 Å². The summed E-state index contributed by atoms with van der Waals surface area (Å²) in [5, 5.41) is 25.3. The molecule has 0 saturated carbocycles. The van der Waals surface area contributed by atoms with E-state index in [0.29, 0.717) is 9.79 Å². The van der Waals surface area contributed by atoms with Crippen molar-refractivity contribution in [2.24, 2.45) is 5.16 Å². The molecule has 17 nitrogen and oxygen atoms in total. The number of carbonyl (C=O) groups excluding carboxylic acids is 2. The van der Waals surface area contributed by atoms with Gasteiger partial charge in [0.15, 0.2) is 17.5 Å². The van der Waals surface area contributed by atoms with Crippen LogP contribution in [0.15, 0.2) is 22.2 Å². The van der Waals surface area contributed by atoms with Crippen molar-refractivity contribution in [2.45, 2.75) is 52.3 Å². The molecule has 37 heavy (non-hydrogen) atoms. The van der Waals surface area contributed by atoms with Crippen molar-refractivity contribution in [3.8, 4) is 5.75 Å². The SMILES string of the molecule is CC1(C)C(NC(=O)/C(=N\OCc2cc(=O)c(O)cn2O)c2nsc(N)n2)C(=O)N1OS(=O)(=O)O.CCC. The molecule has 2 amide bonds. The number of nitrogens with two attached hydrogens (primary N) is 1. The van der Waals surface area contributed by atoms with Crippen molar-refractivity contribution in [3.63, 3.8) is 0 Å². The molecule has 1 atom stereocenters. The number of hydrogen-bond acceptors (Lipinski definition) is 14. The number of oxime groups is 1. The fourth-order valence-electron chi connectivity index (χ4n) is 2.76. The third kappa shape index (κ3) is 7.12. The molecule has 0 bridgehead atoms. The lowest BCUT2D eigenvalue weighted by Gasteiger charge is -2.50. The Bertz CT molecular complexity index is 1350. The summed E-state index contributed by atoms with van der Waals surface area (Å²) in [7, 11) is -4.99. The van der Waals surface area contributed by atoms with E-state index in [-0.39, 0.29) is 16.6 Å². The molecule has 0 spiro atoms. The van der Waals surface area contributed by atoms with Crippen LogP contribution in [0.25, 0.3) is 0 Å². The van der Waals surface area contributed by atoms with Gasteiger partial charge in [0.25, 0.3) is 11.8 Å². The number of nitrogens with one attached hydrogen (secondary N) is 1. The number of hydroxylamine groups is 2. The minimum Gasteiger partial charge on any atom is -0.503 e. The maximum atomic E-state index is 12.8. The van der Waals surface area contributed by atoms with Gasteiger partial charge in [-0.25, -0.2) is 0 Å². The van der Waals surface area contributed by atoms with Crippen LogP contribution < -0.4 is 16.5 Å². The molecule has 1 fully saturated rings. The Morgan fingerprint density at radius 3 is 2.49 bits per heavy atom. The number of amides is 2. The largest absolute Gasteiger partial charge is 0.503 e. The van der Waals surface area contributed by atoms with Gasteiger partial charge in [0.05, 0.1) is 11.7 Å². The minimum absolute atomic E-state index is 0.0222. The van der Waals surface area contributed by atoms with E-state index in [4.69, 9.17) is 15.1 Å². The van der Waals surface area contributed by atoms with Crippen LogP contribution in [0.5, 0.6) is 5.75 Å². The third-order valence-corrected chi connectivity index (χ3v) is 5.33. The van der Waals surface area contributed by atoms with Gasteiger partial charge in [-0.2, -0.15) is 27.6 Å². The average Bonchev–Trinajstić information content (AvgIpc) is 3.22. The first-order valence-electron chi connectivity index (χ1n) is 10.4. The summed E-state index contributed by atoms with van der Waals surface area (Å²) in [6.45, 7) is 6.41. The first-order valence-corrected chi connectivity index (χ1v) is 12.5. The van der Waals surface area contributed by atoms with Crippen molar-refractivity contribution >= 4 is 44.6 Å². The highest BCUT2D eigenvalue weighted by Gasteiger charge is 2.58. The number of rotatable bonds is 8. The number of aromatic nitrogens is 3. The van der Waals surface area contributed by atoms with Gasteiger partial charge in [-0.15, -0.1) is 4.28 Å². The minimum atomic E-state index is -4.99. The van der Waals surface area contributed by atoms with Crippen LogP contribution in [0.3, 0.4) is 0 Å². The molecule has 1 aliphatic rings. The number of hydrogen-bond donors (Lipinski definition) is 5. The topological polar surface area (TPSA) is 249 Å². The molecular formula is C18H25N7O10S2. The van der Waals surface area contributed by atoms with Crippen LogP contribution in [0.1, 0.15) is 45.6 Å². The monoisotopic (exact) mass is 563 g/mol. The van der Waals surface area contributed by atoms with Gasteiger partial charge < -0.3 is 26.2 Å². The Hall–Kier alpha value is -3.81. The molecule has 2 aromatic rings. The Morgan fingerprint density at radius 1 is 1.35 bits per heavy atom. The molecule has 0 aliphatic carbocycles. The van der Waals surface area contributed by atoms with Crippen LogP contribution in [0, 0.1) is 0 Å². The number of anilines is 1. The molecular weight excluding hydrogens is 538 g/mol. The van der Waals surface area contributed by atoms with Crippen molar-refractivity contribution in [1.29, 1.82) is 0 Å². The van der Waals surface area contributed by atoms with Gasteiger partial charge in [0.2, 0.25) is 17.0 Å². The number of pyridine rings is 1. The molecule has 1 unspecified atom stereocenters. The maximum Gasteiger partial charge on any atom is 0.418 e. The predicted molar refractivity (Wildman–Crippen MR) is 127 cm³/mol. The van der Waals surface area contributed by atoms with Crippen LogP contribution in [-0.2, 0) is 35.7 Å². The zero-order valence-corrected chi connectivity index (χ0v) is 21.6. The smallest absolute Gasteiger partial charge is 0.418 e. The van der Waals surface area contributed by atoms with Gasteiger partial charge in [-0.05, 0) is 13.8 Å². The normalized spacial score (nSPS) is 16.9. The third-order valence-electron chi connectivity index (χ3n) is 4.45. The van der Waals surface area contributed by atoms with E-state index in [9.17, 15) is 33.1 Å². The van der Waals surface area contributed by atoms with E-state index < -0.39 is 57.3 Å². The summed E-state index contributed by atoms with van der Waals surface area (Å²) in [6.07, 6.45) is 1.98. The van der Waals surface area contributed by atoms with Gasteiger partial charge in [-0.1, -0.05) is 25.4 Å². The Labute approximate surface area is 214 Å². The lowest BCUT2D eigenvalue weighted by molar-refractivity contribution is -0.218. The Kier molecular flexibility index (Phi) is 9.14. The van der Waals surface area contributed by atoms with E-state index in [1.54, 1.807) is 0 Å². The van der Waals surface area contributed by atoms with Crippen molar-refractivity contribution < 1.29 is 42.0 Å². The second-order valence-corrected chi connectivity index (χ2v) is 9.72. The van der Waals surface area contributed by atoms with Crippen LogP contribution in [-0.4, -0.2) is 71.5 Å². The summed E-state index contributed by atoms with van der Waals surface area (Å²) in [5.74, 6) is -3.00. The molecule has 1 aliphatic heterocycles. The number of carbonyl (C=O) groups is 2. The van der Waals surface area contributed by atoms with Crippen LogP contribution >= 0.6 is 11.5 Å². The summed E-state index contributed by atoms with van der Waals surface area (Å²) in [4.78, 5) is 45.5. The van der Waals surface area contributed by atoms with E-state index in [0.717, 1.165) is 23.8 Å². The summed E-state index contributed by atoms with van der Waals surface area (Å²) < 4.78 is 39.1. The first-order chi connectivity index (χ1) is 17.1. The van der Waals surface area contributed by atoms with Gasteiger partial charge >= 0.3 is 10.4 Å². The first kappa shape index (κ1) is 29.4. The molecule has 3 heterocycles. The van der Waals surface area contributed by atoms with E-state index in [2.05, 4.69) is 38.0 Å². The zero-order valence-electron chi connectivity index (χ0n) is 20.0. The standard InChI is InChI=1S/C15H17N7O10S2.C3H8/c1-15(2)10(13(26)22(15)32-34(28,29)30)17-12(25)9(11-18-14(16)33-20-11)19-31-5-6-3-7(23)8(24)4-21(6)27;1-3-2/h3-4,10,24,27H,5H2,1-2H3,(H,17,25)(H2,16,18,20)(H,28,29,30);3H2,1-2H3/b19-9-;. The lowest BCUT2D eigenvalue weighted by atomic mass is 9.84. The van der Waals surface area contributed by atoms with Crippen molar-refractivity contribution in [3.05, 3.63) is 34.0 Å². The highest BCUT2D eigenvalue weighted by molar-refractivity contribution is 7.80. The fourth-order valence-corrected chi connectivity index (χ4v) is 3.65. The molecule has 6 N–H and O–H groups in total. The lowest BCUT2D eigenvalue weighted by Crippen LogP contribution is -2.76. The molecule has 2 aromatic heterocycles. The maximum absolute atomic E-state index is 12.8. The molecule has 19 heteroatoms. The second kappa shape index (κ2) is 11.5. The highest BCUT2D eigenvalue weighted by Crippen LogP contribution is 2.32. The molecule has 0 radical (unpaired) electrons. The summed E-state index contributed by atoms with van der Waals surface area (Å²) >= 11 is 0.729. The quantitative estimate of drug-likeness (QED) is 0.0886. The summed E-state index contributed by atoms with van der Waals surface area (Å²) in [5.41, 5.74) is 2.65. The number of nitrogen functional groups attached to an aromatic ring is 1. The Balaban J connectivity index is 0.00000153. The molecule has 1 saturated heterocycles. The Morgan fingerprint density at radius 2 is 1.97 bits per heavy atom. The highest BCUT2D eigenvalue weighted by atomic mass is 32.3. The van der Waals surface area contributed by atoms with Gasteiger partial charge in [0, 0.05) is 17.6 Å². The zero-order chi connectivity index (χ0) is 28.1. The number of nitrogens with zero attached hydrogens (tertiary/aromatic N) is 5. The van der Waals surface area contributed by atoms with E-state index in [1.165, 1.54) is 20.3 Å². The predicted octanol–water partition coefficient (Wildman–Crippen LogP) is -0.598. The van der Waals surface area contributed by atoms with E-state index in [1.807, 2.05) is 0 Å². The molecule has 0 aromatic carbocycles. The molecule has 3 rings (SSSR count). The van der Waals surface area contributed by atoms with Crippen LogP contribution in [0.2, 0.25) is 0 Å². The van der Waals surface area contributed by atoms with Gasteiger partial charge in [0.1, 0.15) is 11.7 Å². The second-order valence-electron chi connectivity index (χ2n) is 7.93.